The topological polar surface area (TPSA) is 38.8 Å². The minimum absolute atomic E-state index is 0.0741. The SMILES string of the molecule is CCOc1cc(C2SCC(=O)N2CC(C)C)ccc1OC. The second-order valence-electron chi connectivity index (χ2n) is 5.45. The number of hydrogen-bond donors (Lipinski definition) is 0. The molecular weight excluding hydrogens is 286 g/mol. The molecule has 1 atom stereocenters. The number of hydrogen-bond acceptors (Lipinski definition) is 4. The minimum Gasteiger partial charge on any atom is -0.493 e. The van der Waals surface area contributed by atoms with Crippen molar-refractivity contribution < 1.29 is 14.3 Å². The van der Waals surface area contributed by atoms with Gasteiger partial charge in [0.25, 0.3) is 0 Å². The van der Waals surface area contributed by atoms with Crippen LogP contribution in [-0.4, -0.2) is 36.8 Å². The zero-order chi connectivity index (χ0) is 15.4. The highest BCUT2D eigenvalue weighted by atomic mass is 32.2. The summed E-state index contributed by atoms with van der Waals surface area (Å²) in [7, 11) is 1.64. The van der Waals surface area contributed by atoms with Crippen LogP contribution in [0, 0.1) is 5.92 Å². The fourth-order valence-electron chi connectivity index (χ4n) is 2.44. The van der Waals surface area contributed by atoms with Crippen LogP contribution in [0.5, 0.6) is 11.5 Å². The number of carbonyl (C=O) groups excluding carboxylic acids is 1. The normalized spacial score (nSPS) is 18.4. The number of ether oxygens (including phenoxy) is 2. The molecule has 21 heavy (non-hydrogen) atoms. The van der Waals surface area contributed by atoms with Crippen LogP contribution >= 0.6 is 11.8 Å². The van der Waals surface area contributed by atoms with E-state index in [0.717, 1.165) is 23.6 Å². The lowest BCUT2D eigenvalue weighted by molar-refractivity contribution is -0.128. The molecule has 116 valence electrons. The van der Waals surface area contributed by atoms with Crippen LogP contribution in [0.2, 0.25) is 0 Å². The van der Waals surface area contributed by atoms with Gasteiger partial charge in [-0.1, -0.05) is 19.9 Å². The molecule has 1 aliphatic rings. The molecule has 5 heteroatoms. The Kier molecular flexibility index (Phi) is 5.39. The quantitative estimate of drug-likeness (QED) is 0.808. The smallest absolute Gasteiger partial charge is 0.233 e. The average Bonchev–Trinajstić information content (AvgIpc) is 2.80. The maximum atomic E-state index is 12.1. The highest BCUT2D eigenvalue weighted by Gasteiger charge is 2.33. The Hall–Kier alpha value is -1.36. The van der Waals surface area contributed by atoms with Crippen molar-refractivity contribution in [3.63, 3.8) is 0 Å². The summed E-state index contributed by atoms with van der Waals surface area (Å²) < 4.78 is 10.9. The van der Waals surface area contributed by atoms with Crippen molar-refractivity contribution in [3.05, 3.63) is 23.8 Å². The highest BCUT2D eigenvalue weighted by molar-refractivity contribution is 8.00. The van der Waals surface area contributed by atoms with E-state index >= 15 is 0 Å². The van der Waals surface area contributed by atoms with Gasteiger partial charge in [0.05, 0.1) is 19.5 Å². The van der Waals surface area contributed by atoms with Gasteiger partial charge in [0.2, 0.25) is 5.91 Å². The van der Waals surface area contributed by atoms with Crippen molar-refractivity contribution in [1.82, 2.24) is 4.90 Å². The molecule has 0 N–H and O–H groups in total. The second kappa shape index (κ2) is 7.07. The van der Waals surface area contributed by atoms with Gasteiger partial charge >= 0.3 is 0 Å². The lowest BCUT2D eigenvalue weighted by Gasteiger charge is -2.26. The monoisotopic (exact) mass is 309 g/mol. The summed E-state index contributed by atoms with van der Waals surface area (Å²) in [6.45, 7) is 7.59. The van der Waals surface area contributed by atoms with E-state index in [1.54, 1.807) is 18.9 Å². The number of rotatable bonds is 6. The zero-order valence-corrected chi connectivity index (χ0v) is 13.9. The maximum absolute atomic E-state index is 12.1. The van der Waals surface area contributed by atoms with Gasteiger partial charge in [-0.05, 0) is 30.5 Å². The summed E-state index contributed by atoms with van der Waals surface area (Å²) in [6.07, 6.45) is 0. The molecule has 0 aromatic heterocycles. The molecule has 0 radical (unpaired) electrons. The fourth-order valence-corrected chi connectivity index (χ4v) is 3.63. The second-order valence-corrected chi connectivity index (χ2v) is 6.52. The molecule has 1 amide bonds. The summed E-state index contributed by atoms with van der Waals surface area (Å²) in [5.74, 6) is 2.69. The van der Waals surface area contributed by atoms with Crippen LogP contribution < -0.4 is 9.47 Å². The van der Waals surface area contributed by atoms with Crippen molar-refractivity contribution in [2.24, 2.45) is 5.92 Å². The number of benzene rings is 1. The number of carbonyl (C=O) groups is 1. The highest BCUT2D eigenvalue weighted by Crippen LogP contribution is 2.41. The predicted octanol–water partition coefficient (Wildman–Crippen LogP) is 3.32. The average molecular weight is 309 g/mol. The van der Waals surface area contributed by atoms with Crippen molar-refractivity contribution in [2.45, 2.75) is 26.1 Å². The van der Waals surface area contributed by atoms with Crippen molar-refractivity contribution >= 4 is 17.7 Å². The van der Waals surface area contributed by atoms with Crippen LogP contribution in [0.4, 0.5) is 0 Å². The Bertz CT molecular complexity index is 504. The Labute approximate surface area is 130 Å². The lowest BCUT2D eigenvalue weighted by Crippen LogP contribution is -2.31. The molecule has 0 bridgehead atoms. The van der Waals surface area contributed by atoms with Crippen molar-refractivity contribution in [2.75, 3.05) is 26.0 Å². The van der Waals surface area contributed by atoms with Crippen molar-refractivity contribution in [1.29, 1.82) is 0 Å². The Morgan fingerprint density at radius 1 is 1.38 bits per heavy atom. The van der Waals surface area contributed by atoms with Gasteiger partial charge in [0.1, 0.15) is 5.37 Å². The van der Waals surface area contributed by atoms with Gasteiger partial charge in [0.15, 0.2) is 11.5 Å². The Morgan fingerprint density at radius 3 is 2.76 bits per heavy atom. The van der Waals surface area contributed by atoms with E-state index in [1.165, 1.54) is 0 Å². The summed E-state index contributed by atoms with van der Waals surface area (Å²) in [4.78, 5) is 14.0. The molecule has 0 spiro atoms. The van der Waals surface area contributed by atoms with Crippen LogP contribution in [0.25, 0.3) is 0 Å². The summed E-state index contributed by atoms with van der Waals surface area (Å²) in [6, 6.07) is 5.92. The summed E-state index contributed by atoms with van der Waals surface area (Å²) in [5.41, 5.74) is 1.09. The lowest BCUT2D eigenvalue weighted by atomic mass is 10.1. The molecule has 1 aromatic rings. The Morgan fingerprint density at radius 2 is 2.14 bits per heavy atom. The molecule has 1 unspecified atom stereocenters. The first-order valence-corrected chi connectivity index (χ1v) is 8.33. The minimum atomic E-state index is 0.0741. The van der Waals surface area contributed by atoms with E-state index in [9.17, 15) is 4.79 Å². The molecule has 4 nitrogen and oxygen atoms in total. The van der Waals surface area contributed by atoms with Crippen LogP contribution in [0.1, 0.15) is 31.7 Å². The fraction of sp³-hybridized carbons (Fsp3) is 0.562. The van der Waals surface area contributed by atoms with Gasteiger partial charge in [-0.15, -0.1) is 11.8 Å². The third-order valence-corrected chi connectivity index (χ3v) is 4.56. The third kappa shape index (κ3) is 3.64. The molecular formula is C16H23NO3S. The molecule has 1 heterocycles. The molecule has 1 aromatic carbocycles. The van der Waals surface area contributed by atoms with E-state index < -0.39 is 0 Å². The molecule has 0 saturated carbocycles. The molecule has 0 aliphatic carbocycles. The molecule has 1 aliphatic heterocycles. The van der Waals surface area contributed by atoms with Gasteiger partial charge in [0, 0.05) is 6.54 Å². The number of methoxy groups -OCH3 is 1. The number of amides is 1. The van der Waals surface area contributed by atoms with Crippen LogP contribution in [-0.2, 0) is 4.79 Å². The van der Waals surface area contributed by atoms with E-state index in [1.807, 2.05) is 30.0 Å². The molecule has 1 fully saturated rings. The van der Waals surface area contributed by atoms with Crippen LogP contribution in [0.15, 0.2) is 18.2 Å². The first-order chi connectivity index (χ1) is 10.1. The number of nitrogens with zero attached hydrogens (tertiary/aromatic N) is 1. The molecule has 1 saturated heterocycles. The Balaban J connectivity index is 2.27. The van der Waals surface area contributed by atoms with Gasteiger partial charge in [-0.2, -0.15) is 0 Å². The van der Waals surface area contributed by atoms with E-state index in [2.05, 4.69) is 13.8 Å². The van der Waals surface area contributed by atoms with Gasteiger partial charge in [-0.25, -0.2) is 0 Å². The summed E-state index contributed by atoms with van der Waals surface area (Å²) in [5, 5.41) is 0.0741. The predicted molar refractivity (Wildman–Crippen MR) is 85.9 cm³/mol. The van der Waals surface area contributed by atoms with E-state index in [0.29, 0.717) is 18.3 Å². The van der Waals surface area contributed by atoms with Crippen molar-refractivity contribution in [3.8, 4) is 11.5 Å². The van der Waals surface area contributed by atoms with Gasteiger partial charge < -0.3 is 14.4 Å². The van der Waals surface area contributed by atoms with E-state index in [-0.39, 0.29) is 11.3 Å². The first-order valence-electron chi connectivity index (χ1n) is 7.28. The summed E-state index contributed by atoms with van der Waals surface area (Å²) >= 11 is 1.67. The standard InChI is InChI=1S/C16H23NO3S/c1-5-20-14-8-12(6-7-13(14)19-4)16-17(9-11(2)3)15(18)10-21-16/h6-8,11,16H,5,9-10H2,1-4H3. The van der Waals surface area contributed by atoms with Gasteiger partial charge in [-0.3, -0.25) is 4.79 Å². The van der Waals surface area contributed by atoms with Crippen LogP contribution in [0.3, 0.4) is 0 Å². The largest absolute Gasteiger partial charge is 0.493 e. The number of thioether (sulfide) groups is 1. The maximum Gasteiger partial charge on any atom is 0.233 e. The zero-order valence-electron chi connectivity index (χ0n) is 13.1. The first kappa shape index (κ1) is 16.0. The third-order valence-electron chi connectivity index (χ3n) is 3.30. The molecule has 2 rings (SSSR count). The van der Waals surface area contributed by atoms with E-state index in [4.69, 9.17) is 9.47 Å².